The van der Waals surface area contributed by atoms with Crippen LogP contribution in [0.4, 0.5) is 14.9 Å². The van der Waals surface area contributed by atoms with E-state index < -0.39 is 11.8 Å². The van der Waals surface area contributed by atoms with Crippen LogP contribution in [0.2, 0.25) is 0 Å². The van der Waals surface area contributed by atoms with E-state index in [9.17, 15) is 9.18 Å². The Kier molecular flexibility index (Phi) is 2.78. The molecule has 0 aromatic heterocycles. The number of nitrogens with zero attached hydrogens (tertiary/aromatic N) is 1. The number of hydrogen-bond donors (Lipinski definition) is 3. The van der Waals surface area contributed by atoms with Crippen LogP contribution >= 0.6 is 0 Å². The Morgan fingerprint density at radius 1 is 1.38 bits per heavy atom. The van der Waals surface area contributed by atoms with Crippen molar-refractivity contribution in [3.05, 3.63) is 30.1 Å². The van der Waals surface area contributed by atoms with Crippen LogP contribution in [0.3, 0.4) is 0 Å². The molecule has 1 rings (SSSR count). The molecule has 0 saturated carbocycles. The largest absolute Gasteiger partial charge is 0.350 e. The highest BCUT2D eigenvalue weighted by Gasteiger charge is 2.08. The van der Waals surface area contributed by atoms with Crippen LogP contribution < -0.4 is 22.1 Å². The number of anilines is 1. The quantitative estimate of drug-likeness (QED) is 0.328. The molecule has 0 bridgehead atoms. The summed E-state index contributed by atoms with van der Waals surface area (Å²) in [7, 11) is 0. The Morgan fingerprint density at radius 2 is 1.92 bits per heavy atom. The summed E-state index contributed by atoms with van der Waals surface area (Å²) in [5, 5.41) is 0.777. The van der Waals surface area contributed by atoms with E-state index in [0.717, 1.165) is 5.01 Å². The SMILES string of the molecule is NNC(=O)N(N)c1ccc(F)cc1. The van der Waals surface area contributed by atoms with Gasteiger partial charge in [0.2, 0.25) is 0 Å². The lowest BCUT2D eigenvalue weighted by Crippen LogP contribution is -2.47. The summed E-state index contributed by atoms with van der Waals surface area (Å²) in [4.78, 5) is 10.9. The van der Waals surface area contributed by atoms with Crippen molar-refractivity contribution in [1.82, 2.24) is 5.43 Å². The highest BCUT2D eigenvalue weighted by atomic mass is 19.1. The number of hydrogen-bond acceptors (Lipinski definition) is 3. The zero-order valence-electron chi connectivity index (χ0n) is 6.70. The second-order valence-electron chi connectivity index (χ2n) is 2.30. The van der Waals surface area contributed by atoms with Crippen LogP contribution in [0.5, 0.6) is 0 Å². The molecule has 6 heteroatoms. The second-order valence-corrected chi connectivity index (χ2v) is 2.30. The number of halogens is 1. The van der Waals surface area contributed by atoms with Crippen LogP contribution in [0.25, 0.3) is 0 Å². The molecule has 1 aromatic carbocycles. The lowest BCUT2D eigenvalue weighted by atomic mass is 10.3. The lowest BCUT2D eigenvalue weighted by Gasteiger charge is -2.14. The van der Waals surface area contributed by atoms with Crippen molar-refractivity contribution in [3.8, 4) is 0 Å². The van der Waals surface area contributed by atoms with E-state index in [4.69, 9.17) is 11.7 Å². The molecule has 0 spiro atoms. The molecule has 70 valence electrons. The van der Waals surface area contributed by atoms with Gasteiger partial charge in [0.15, 0.2) is 0 Å². The van der Waals surface area contributed by atoms with Crippen LogP contribution in [0.1, 0.15) is 0 Å². The highest BCUT2D eigenvalue weighted by Crippen LogP contribution is 2.10. The zero-order chi connectivity index (χ0) is 9.84. The maximum atomic E-state index is 12.4. The fourth-order valence-corrected chi connectivity index (χ4v) is 0.788. The second kappa shape index (κ2) is 3.83. The molecule has 5 nitrogen and oxygen atoms in total. The molecule has 0 saturated heterocycles. The van der Waals surface area contributed by atoms with E-state index in [-0.39, 0.29) is 0 Å². The molecule has 2 amide bonds. The van der Waals surface area contributed by atoms with Crippen molar-refractivity contribution in [3.63, 3.8) is 0 Å². The third-order valence-electron chi connectivity index (χ3n) is 1.45. The highest BCUT2D eigenvalue weighted by molar-refractivity contribution is 5.90. The van der Waals surface area contributed by atoms with Gasteiger partial charge in [0.05, 0.1) is 5.69 Å². The van der Waals surface area contributed by atoms with Gasteiger partial charge in [-0.25, -0.2) is 25.9 Å². The number of benzene rings is 1. The van der Waals surface area contributed by atoms with Gasteiger partial charge in [-0.2, -0.15) is 0 Å². The number of hydrazine groups is 2. The third kappa shape index (κ3) is 2.14. The fourth-order valence-electron chi connectivity index (χ4n) is 0.788. The van der Waals surface area contributed by atoms with E-state index in [1.807, 2.05) is 5.43 Å². The van der Waals surface area contributed by atoms with Crippen LogP contribution in [0, 0.1) is 5.82 Å². The average molecular weight is 184 g/mol. The standard InChI is InChI=1S/C7H9FN4O/c8-5-1-3-6(4-2-5)12(10)7(13)11-9/h1-4H,9-10H2,(H,11,13). The molecule has 0 atom stereocenters. The Bertz CT molecular complexity index is 300. The molecular weight excluding hydrogens is 175 g/mol. The summed E-state index contributed by atoms with van der Waals surface area (Å²) in [6.45, 7) is 0. The first-order valence-electron chi connectivity index (χ1n) is 3.46. The van der Waals surface area contributed by atoms with Crippen molar-refractivity contribution < 1.29 is 9.18 Å². The number of carbonyl (C=O) groups excluding carboxylic acids is 1. The third-order valence-corrected chi connectivity index (χ3v) is 1.45. The Balaban J connectivity index is 2.83. The van der Waals surface area contributed by atoms with Gasteiger partial charge in [0.25, 0.3) is 0 Å². The minimum absolute atomic E-state index is 0.351. The van der Waals surface area contributed by atoms with Gasteiger partial charge >= 0.3 is 6.03 Å². The molecule has 0 aliphatic heterocycles. The van der Waals surface area contributed by atoms with Gasteiger partial charge in [-0.3, -0.25) is 5.43 Å². The van der Waals surface area contributed by atoms with Gasteiger partial charge in [0.1, 0.15) is 5.82 Å². The Labute approximate surface area is 74.1 Å². The number of urea groups is 1. The van der Waals surface area contributed by atoms with Gasteiger partial charge in [-0.1, -0.05) is 0 Å². The minimum Gasteiger partial charge on any atom is -0.274 e. The van der Waals surface area contributed by atoms with Crippen molar-refractivity contribution in [2.45, 2.75) is 0 Å². The summed E-state index contributed by atoms with van der Waals surface area (Å²) in [6, 6.07) is 4.44. The summed E-state index contributed by atoms with van der Waals surface area (Å²) in [5.74, 6) is 9.76. The number of carbonyl (C=O) groups is 1. The number of rotatable bonds is 1. The molecule has 0 radical (unpaired) electrons. The van der Waals surface area contributed by atoms with E-state index in [1.54, 1.807) is 0 Å². The normalized spacial score (nSPS) is 9.46. The molecule has 0 unspecified atom stereocenters. The molecule has 1 aromatic rings. The van der Waals surface area contributed by atoms with Gasteiger partial charge in [-0.05, 0) is 24.3 Å². The lowest BCUT2D eigenvalue weighted by molar-refractivity contribution is 0.246. The molecule has 0 aliphatic rings. The number of nitrogens with two attached hydrogens (primary N) is 2. The first kappa shape index (κ1) is 9.43. The predicted molar refractivity (Wildman–Crippen MR) is 45.8 cm³/mol. The van der Waals surface area contributed by atoms with Gasteiger partial charge in [-0.15, -0.1) is 0 Å². The van der Waals surface area contributed by atoms with Crippen LogP contribution in [0.15, 0.2) is 24.3 Å². The summed E-state index contributed by atoms with van der Waals surface area (Å²) in [5.41, 5.74) is 2.20. The number of nitrogens with one attached hydrogen (secondary N) is 1. The van der Waals surface area contributed by atoms with E-state index in [1.165, 1.54) is 24.3 Å². The Morgan fingerprint density at radius 3 is 2.38 bits per heavy atom. The molecular formula is C7H9FN4O. The van der Waals surface area contributed by atoms with Crippen LogP contribution in [-0.2, 0) is 0 Å². The minimum atomic E-state index is -0.674. The molecule has 5 N–H and O–H groups in total. The van der Waals surface area contributed by atoms with Gasteiger partial charge < -0.3 is 0 Å². The van der Waals surface area contributed by atoms with Gasteiger partial charge in [0, 0.05) is 0 Å². The number of amides is 2. The van der Waals surface area contributed by atoms with Crippen molar-refractivity contribution in [2.24, 2.45) is 11.7 Å². The van der Waals surface area contributed by atoms with Crippen LogP contribution in [-0.4, -0.2) is 6.03 Å². The van der Waals surface area contributed by atoms with Crippen molar-refractivity contribution in [2.75, 3.05) is 5.01 Å². The summed E-state index contributed by atoms with van der Waals surface area (Å²) >= 11 is 0. The summed E-state index contributed by atoms with van der Waals surface area (Å²) in [6.07, 6.45) is 0. The Hall–Kier alpha value is -1.66. The van der Waals surface area contributed by atoms with Crippen molar-refractivity contribution in [1.29, 1.82) is 0 Å². The van der Waals surface area contributed by atoms with E-state index in [0.29, 0.717) is 5.69 Å². The molecule has 13 heavy (non-hydrogen) atoms. The predicted octanol–water partition coefficient (Wildman–Crippen LogP) is 0.0891. The maximum Gasteiger partial charge on any atom is 0.350 e. The zero-order valence-corrected chi connectivity index (χ0v) is 6.70. The molecule has 0 heterocycles. The first-order valence-corrected chi connectivity index (χ1v) is 3.46. The molecule has 0 aliphatic carbocycles. The topological polar surface area (TPSA) is 84.4 Å². The maximum absolute atomic E-state index is 12.4. The summed E-state index contributed by atoms with van der Waals surface area (Å²) < 4.78 is 12.4. The average Bonchev–Trinajstić information content (AvgIpc) is 2.17. The van der Waals surface area contributed by atoms with Crippen molar-refractivity contribution >= 4 is 11.7 Å². The monoisotopic (exact) mass is 184 g/mol. The van der Waals surface area contributed by atoms with E-state index in [2.05, 4.69) is 0 Å². The smallest absolute Gasteiger partial charge is 0.274 e. The van der Waals surface area contributed by atoms with E-state index >= 15 is 0 Å². The molecule has 0 fully saturated rings. The first-order chi connectivity index (χ1) is 6.15. The fraction of sp³-hybridized carbons (Fsp3) is 0.